The maximum Gasteiger partial charge on any atom is 0.243 e. The van der Waals surface area contributed by atoms with Crippen LogP contribution in [-0.4, -0.2) is 38.9 Å². The lowest BCUT2D eigenvalue weighted by molar-refractivity contribution is 0.268. The Morgan fingerprint density at radius 2 is 2.00 bits per heavy atom. The average molecular weight is 331 g/mol. The van der Waals surface area contributed by atoms with Gasteiger partial charge in [-0.15, -0.1) is 0 Å². The van der Waals surface area contributed by atoms with Crippen LogP contribution in [0, 0.1) is 12.8 Å². The van der Waals surface area contributed by atoms with Crippen molar-refractivity contribution in [1.82, 2.24) is 9.62 Å². The van der Waals surface area contributed by atoms with Crippen LogP contribution in [0.3, 0.4) is 0 Å². The monoisotopic (exact) mass is 330 g/mol. The van der Waals surface area contributed by atoms with Crippen LogP contribution in [0.4, 0.5) is 0 Å². The van der Waals surface area contributed by atoms with E-state index in [1.165, 1.54) is 0 Å². The first kappa shape index (κ1) is 16.7. The summed E-state index contributed by atoms with van der Waals surface area (Å²) in [6.07, 6.45) is 1.82. The average Bonchev–Trinajstić information content (AvgIpc) is 2.48. The minimum Gasteiger partial charge on any atom is -0.317 e. The van der Waals surface area contributed by atoms with Gasteiger partial charge >= 0.3 is 0 Å². The Hall–Kier alpha value is -0.620. The van der Waals surface area contributed by atoms with Crippen molar-refractivity contribution in [3.05, 3.63) is 28.8 Å². The van der Waals surface area contributed by atoms with E-state index >= 15 is 0 Å². The molecule has 1 aromatic rings. The van der Waals surface area contributed by atoms with E-state index in [0.29, 0.717) is 28.9 Å². The number of halogens is 1. The molecule has 1 aliphatic rings. The first-order valence-corrected chi connectivity index (χ1v) is 9.24. The predicted molar refractivity (Wildman–Crippen MR) is 86.2 cm³/mol. The summed E-state index contributed by atoms with van der Waals surface area (Å²) in [5, 5.41) is 3.83. The molecule has 0 radical (unpaired) electrons. The standard InChI is InChI=1S/C15H23ClN2O2S/c1-3-17-11-13-6-8-18(9-7-13)21(19,20)14-5-4-12(2)15(16)10-14/h4-5,10,13,17H,3,6-9,11H2,1-2H3. The zero-order valence-electron chi connectivity index (χ0n) is 12.6. The van der Waals surface area contributed by atoms with Gasteiger partial charge in [-0.05, 0) is 56.5 Å². The third kappa shape index (κ3) is 3.97. The van der Waals surface area contributed by atoms with Crippen LogP contribution in [0.25, 0.3) is 0 Å². The molecule has 6 heteroatoms. The number of nitrogens with zero attached hydrogens (tertiary/aromatic N) is 1. The highest BCUT2D eigenvalue weighted by molar-refractivity contribution is 7.89. The van der Waals surface area contributed by atoms with Crippen molar-refractivity contribution in [3.8, 4) is 0 Å². The summed E-state index contributed by atoms with van der Waals surface area (Å²) in [7, 11) is -3.42. The highest BCUT2D eigenvalue weighted by atomic mass is 35.5. The third-order valence-corrected chi connectivity index (χ3v) is 6.34. The maximum atomic E-state index is 12.6. The molecule has 0 unspecified atom stereocenters. The van der Waals surface area contributed by atoms with Crippen LogP contribution in [0.5, 0.6) is 0 Å². The molecule has 1 N–H and O–H groups in total. The molecule has 0 spiro atoms. The summed E-state index contributed by atoms with van der Waals surface area (Å²) in [5.41, 5.74) is 0.889. The van der Waals surface area contributed by atoms with Gasteiger partial charge in [0, 0.05) is 18.1 Å². The van der Waals surface area contributed by atoms with Gasteiger partial charge in [0.15, 0.2) is 0 Å². The zero-order chi connectivity index (χ0) is 15.5. The Morgan fingerprint density at radius 1 is 1.33 bits per heavy atom. The zero-order valence-corrected chi connectivity index (χ0v) is 14.2. The molecule has 0 aromatic heterocycles. The van der Waals surface area contributed by atoms with E-state index in [1.54, 1.807) is 22.5 Å². The van der Waals surface area contributed by atoms with Crippen molar-refractivity contribution >= 4 is 21.6 Å². The second kappa shape index (κ2) is 7.09. The van der Waals surface area contributed by atoms with Crippen LogP contribution in [0.1, 0.15) is 25.3 Å². The van der Waals surface area contributed by atoms with E-state index < -0.39 is 10.0 Å². The molecular weight excluding hydrogens is 308 g/mol. The van der Waals surface area contributed by atoms with Gasteiger partial charge in [-0.1, -0.05) is 24.6 Å². The molecule has 1 saturated heterocycles. The van der Waals surface area contributed by atoms with Crippen LogP contribution < -0.4 is 5.32 Å². The molecule has 4 nitrogen and oxygen atoms in total. The second-order valence-corrected chi connectivity index (χ2v) is 7.91. The Morgan fingerprint density at radius 3 is 2.57 bits per heavy atom. The first-order chi connectivity index (χ1) is 9.95. The Bertz CT molecular complexity index is 581. The highest BCUT2D eigenvalue weighted by Crippen LogP contribution is 2.26. The van der Waals surface area contributed by atoms with Crippen LogP contribution >= 0.6 is 11.6 Å². The van der Waals surface area contributed by atoms with E-state index in [-0.39, 0.29) is 0 Å². The largest absolute Gasteiger partial charge is 0.317 e. The summed E-state index contributed by atoms with van der Waals surface area (Å²) in [6.45, 7) is 7.06. The Labute approximate surface area is 132 Å². The number of rotatable bonds is 5. The molecule has 1 heterocycles. The number of benzene rings is 1. The molecule has 118 valence electrons. The molecular formula is C15H23ClN2O2S. The number of nitrogens with one attached hydrogen (secondary N) is 1. The van der Waals surface area contributed by atoms with Gasteiger partial charge in [0.05, 0.1) is 4.90 Å². The van der Waals surface area contributed by atoms with Crippen molar-refractivity contribution in [2.75, 3.05) is 26.2 Å². The summed E-state index contributed by atoms with van der Waals surface area (Å²) < 4.78 is 26.8. The lowest BCUT2D eigenvalue weighted by Crippen LogP contribution is -2.40. The van der Waals surface area contributed by atoms with Gasteiger partial charge in [-0.3, -0.25) is 0 Å². The molecule has 1 aromatic carbocycles. The molecule has 1 fully saturated rings. The van der Waals surface area contributed by atoms with Crippen LogP contribution in [-0.2, 0) is 10.0 Å². The molecule has 0 atom stereocenters. The molecule has 0 aliphatic carbocycles. The second-order valence-electron chi connectivity index (χ2n) is 5.57. The van der Waals surface area contributed by atoms with Crippen molar-refractivity contribution < 1.29 is 8.42 Å². The van der Waals surface area contributed by atoms with Gasteiger partial charge in [0.1, 0.15) is 0 Å². The molecule has 0 amide bonds. The fourth-order valence-electron chi connectivity index (χ4n) is 2.59. The van der Waals surface area contributed by atoms with E-state index in [4.69, 9.17) is 11.6 Å². The summed E-state index contributed by atoms with van der Waals surface area (Å²) in [4.78, 5) is 0.295. The van der Waals surface area contributed by atoms with Crippen molar-refractivity contribution in [1.29, 1.82) is 0 Å². The SMILES string of the molecule is CCNCC1CCN(S(=O)(=O)c2ccc(C)c(Cl)c2)CC1. The van der Waals surface area contributed by atoms with Gasteiger partial charge in [0.25, 0.3) is 0 Å². The number of piperidine rings is 1. The third-order valence-electron chi connectivity index (χ3n) is 4.04. The lowest BCUT2D eigenvalue weighted by Gasteiger charge is -2.31. The maximum absolute atomic E-state index is 12.6. The number of aryl methyl sites for hydroxylation is 1. The fraction of sp³-hybridized carbons (Fsp3) is 0.600. The minimum absolute atomic E-state index is 0.295. The van der Waals surface area contributed by atoms with Gasteiger partial charge in [-0.2, -0.15) is 4.31 Å². The molecule has 0 saturated carbocycles. The number of sulfonamides is 1. The van der Waals surface area contributed by atoms with Crippen molar-refractivity contribution in [2.45, 2.75) is 31.6 Å². The predicted octanol–water partition coefficient (Wildman–Crippen LogP) is 2.66. The molecule has 0 bridgehead atoms. The topological polar surface area (TPSA) is 49.4 Å². The molecule has 21 heavy (non-hydrogen) atoms. The van der Waals surface area contributed by atoms with Crippen LogP contribution in [0.15, 0.2) is 23.1 Å². The molecule has 2 rings (SSSR count). The highest BCUT2D eigenvalue weighted by Gasteiger charge is 2.29. The summed E-state index contributed by atoms with van der Waals surface area (Å²) in [5.74, 6) is 0.568. The normalized spacial score (nSPS) is 18.0. The van der Waals surface area contributed by atoms with Gasteiger partial charge in [-0.25, -0.2) is 8.42 Å². The number of hydrogen-bond acceptors (Lipinski definition) is 3. The van der Waals surface area contributed by atoms with E-state index in [2.05, 4.69) is 12.2 Å². The lowest BCUT2D eigenvalue weighted by atomic mass is 9.98. The van der Waals surface area contributed by atoms with E-state index in [9.17, 15) is 8.42 Å². The van der Waals surface area contributed by atoms with Crippen molar-refractivity contribution in [3.63, 3.8) is 0 Å². The fourth-order valence-corrected chi connectivity index (χ4v) is 4.33. The quantitative estimate of drug-likeness (QED) is 0.903. The van der Waals surface area contributed by atoms with Gasteiger partial charge in [0.2, 0.25) is 10.0 Å². The van der Waals surface area contributed by atoms with Gasteiger partial charge < -0.3 is 5.32 Å². The number of hydrogen-bond donors (Lipinski definition) is 1. The minimum atomic E-state index is -3.42. The first-order valence-electron chi connectivity index (χ1n) is 7.42. The van der Waals surface area contributed by atoms with Crippen molar-refractivity contribution in [2.24, 2.45) is 5.92 Å². The summed E-state index contributed by atoms with van der Waals surface area (Å²) in [6, 6.07) is 4.95. The molecule has 1 aliphatic heterocycles. The summed E-state index contributed by atoms with van der Waals surface area (Å²) >= 11 is 6.05. The Balaban J connectivity index is 2.06. The van der Waals surface area contributed by atoms with E-state index in [1.807, 2.05) is 6.92 Å². The van der Waals surface area contributed by atoms with Crippen LogP contribution in [0.2, 0.25) is 5.02 Å². The van der Waals surface area contributed by atoms with E-state index in [0.717, 1.165) is 31.5 Å². The Kier molecular flexibility index (Phi) is 5.66. The smallest absolute Gasteiger partial charge is 0.243 e.